The van der Waals surface area contributed by atoms with Crippen LogP contribution >= 0.6 is 0 Å². The maximum atomic E-state index is 12.5. The van der Waals surface area contributed by atoms with E-state index in [9.17, 15) is 9.59 Å². The van der Waals surface area contributed by atoms with Gasteiger partial charge in [-0.25, -0.2) is 0 Å². The molecular formula is C18H19N5O2. The van der Waals surface area contributed by atoms with Crippen molar-refractivity contribution >= 4 is 16.8 Å². The van der Waals surface area contributed by atoms with Crippen LogP contribution in [-0.2, 0) is 7.05 Å². The molecule has 128 valence electrons. The van der Waals surface area contributed by atoms with Crippen LogP contribution in [0.5, 0.6) is 0 Å². The summed E-state index contributed by atoms with van der Waals surface area (Å²) in [6.07, 6.45) is 6.67. The number of aryl methyl sites for hydroxylation is 1. The van der Waals surface area contributed by atoms with Crippen molar-refractivity contribution in [3.63, 3.8) is 0 Å². The average Bonchev–Trinajstić information content (AvgIpc) is 3.07. The van der Waals surface area contributed by atoms with E-state index in [1.807, 2.05) is 11.0 Å². The molecule has 0 radical (unpaired) electrons. The Bertz CT molecular complexity index is 982. The Balaban J connectivity index is 1.50. The molecule has 1 aliphatic heterocycles. The van der Waals surface area contributed by atoms with Crippen LogP contribution < -0.4 is 5.56 Å². The van der Waals surface area contributed by atoms with Gasteiger partial charge in [0.05, 0.1) is 22.7 Å². The molecule has 4 rings (SSSR count). The number of carbonyl (C=O) groups excluding carboxylic acids is 1. The molecule has 0 saturated carbocycles. The molecular weight excluding hydrogens is 318 g/mol. The smallest absolute Gasteiger partial charge is 0.257 e. The van der Waals surface area contributed by atoms with E-state index in [1.54, 1.807) is 42.5 Å². The van der Waals surface area contributed by atoms with Gasteiger partial charge in [-0.05, 0) is 31.0 Å². The number of nitrogens with zero attached hydrogens (tertiary/aromatic N) is 4. The van der Waals surface area contributed by atoms with Crippen molar-refractivity contribution in [3.8, 4) is 0 Å². The molecule has 3 aromatic heterocycles. The number of aromatic nitrogens is 4. The number of likely N-dealkylation sites (tertiary alicyclic amines) is 1. The van der Waals surface area contributed by atoms with Crippen molar-refractivity contribution in [1.29, 1.82) is 0 Å². The van der Waals surface area contributed by atoms with Gasteiger partial charge in [-0.1, -0.05) is 0 Å². The highest BCUT2D eigenvalue weighted by molar-refractivity contribution is 5.93. The van der Waals surface area contributed by atoms with Crippen molar-refractivity contribution in [3.05, 3.63) is 58.4 Å². The molecule has 3 aromatic rings. The third-order valence-electron chi connectivity index (χ3n) is 4.81. The fourth-order valence-electron chi connectivity index (χ4n) is 3.43. The van der Waals surface area contributed by atoms with E-state index in [4.69, 9.17) is 0 Å². The zero-order valence-electron chi connectivity index (χ0n) is 14.0. The molecule has 0 aliphatic carbocycles. The number of nitrogens with one attached hydrogen (secondary N) is 1. The molecule has 7 nitrogen and oxygen atoms in total. The Kier molecular flexibility index (Phi) is 3.83. The maximum Gasteiger partial charge on any atom is 0.257 e. The largest absolute Gasteiger partial charge is 0.339 e. The van der Waals surface area contributed by atoms with Gasteiger partial charge in [0, 0.05) is 44.1 Å². The summed E-state index contributed by atoms with van der Waals surface area (Å²) < 4.78 is 1.63. The van der Waals surface area contributed by atoms with Gasteiger partial charge in [0.2, 0.25) is 0 Å². The minimum Gasteiger partial charge on any atom is -0.339 e. The van der Waals surface area contributed by atoms with Crippen molar-refractivity contribution in [2.45, 2.75) is 18.8 Å². The molecule has 0 unspecified atom stereocenters. The number of fused-ring (bicyclic) bond motifs is 1. The molecule has 7 heteroatoms. The number of hydrogen-bond acceptors (Lipinski definition) is 4. The molecule has 1 amide bonds. The van der Waals surface area contributed by atoms with E-state index in [0.717, 1.165) is 24.1 Å². The third-order valence-corrected chi connectivity index (χ3v) is 4.81. The van der Waals surface area contributed by atoms with Crippen LogP contribution in [0.3, 0.4) is 0 Å². The highest BCUT2D eigenvalue weighted by Crippen LogP contribution is 2.27. The molecule has 1 fully saturated rings. The van der Waals surface area contributed by atoms with Crippen molar-refractivity contribution < 1.29 is 4.79 Å². The van der Waals surface area contributed by atoms with Crippen LogP contribution in [0, 0.1) is 0 Å². The Morgan fingerprint density at radius 3 is 2.84 bits per heavy atom. The van der Waals surface area contributed by atoms with Gasteiger partial charge in [-0.15, -0.1) is 0 Å². The number of hydrogen-bond donors (Lipinski definition) is 1. The lowest BCUT2D eigenvalue weighted by atomic mass is 9.92. The predicted octanol–water partition coefficient (Wildman–Crippen LogP) is 1.68. The molecule has 0 aromatic carbocycles. The van der Waals surface area contributed by atoms with Gasteiger partial charge in [-0.3, -0.25) is 19.3 Å². The summed E-state index contributed by atoms with van der Waals surface area (Å²) in [5.41, 5.74) is 2.14. The monoisotopic (exact) mass is 337 g/mol. The van der Waals surface area contributed by atoms with Crippen LogP contribution in [0.4, 0.5) is 0 Å². The zero-order chi connectivity index (χ0) is 17.4. The molecule has 25 heavy (non-hydrogen) atoms. The van der Waals surface area contributed by atoms with E-state index in [1.165, 1.54) is 0 Å². The number of aromatic amines is 1. The number of amides is 1. The molecule has 0 bridgehead atoms. The molecule has 4 heterocycles. The van der Waals surface area contributed by atoms with E-state index < -0.39 is 0 Å². The zero-order valence-corrected chi connectivity index (χ0v) is 14.0. The molecule has 0 atom stereocenters. The number of carbonyl (C=O) groups is 1. The summed E-state index contributed by atoms with van der Waals surface area (Å²) in [5.74, 6) is 0.247. The van der Waals surface area contributed by atoms with E-state index in [-0.39, 0.29) is 17.4 Å². The minimum absolute atomic E-state index is 0.0141. The SMILES string of the molecule is Cn1cc(C(=O)N2CCC(c3cc4ncccc4c(=O)[nH]3)CC2)cn1. The normalized spacial score (nSPS) is 15.6. The van der Waals surface area contributed by atoms with Gasteiger partial charge in [-0.2, -0.15) is 5.10 Å². The van der Waals surface area contributed by atoms with E-state index in [2.05, 4.69) is 15.1 Å². The van der Waals surface area contributed by atoms with Crippen LogP contribution in [-0.4, -0.2) is 43.6 Å². The second-order valence-corrected chi connectivity index (χ2v) is 6.46. The number of rotatable bonds is 2. The predicted molar refractivity (Wildman–Crippen MR) is 93.5 cm³/mol. The van der Waals surface area contributed by atoms with Crippen molar-refractivity contribution in [2.24, 2.45) is 7.05 Å². The molecule has 1 N–H and O–H groups in total. The molecule has 1 saturated heterocycles. The second-order valence-electron chi connectivity index (χ2n) is 6.46. The fourth-order valence-corrected chi connectivity index (χ4v) is 3.43. The summed E-state index contributed by atoms with van der Waals surface area (Å²) >= 11 is 0. The fraction of sp³-hybridized carbons (Fsp3) is 0.333. The van der Waals surface area contributed by atoms with Crippen LogP contribution in [0.25, 0.3) is 10.9 Å². The minimum atomic E-state index is -0.102. The number of H-pyrrole nitrogens is 1. The average molecular weight is 337 g/mol. The lowest BCUT2D eigenvalue weighted by Gasteiger charge is -2.31. The van der Waals surface area contributed by atoms with Gasteiger partial charge >= 0.3 is 0 Å². The number of piperidine rings is 1. The van der Waals surface area contributed by atoms with Crippen LogP contribution in [0.2, 0.25) is 0 Å². The van der Waals surface area contributed by atoms with Gasteiger partial charge in [0.25, 0.3) is 11.5 Å². The third kappa shape index (κ3) is 2.93. The summed E-state index contributed by atoms with van der Waals surface area (Å²) in [5, 5.41) is 4.66. The highest BCUT2D eigenvalue weighted by Gasteiger charge is 2.26. The van der Waals surface area contributed by atoms with E-state index in [0.29, 0.717) is 24.0 Å². The first-order chi connectivity index (χ1) is 12.1. The Hall–Kier alpha value is -2.96. The number of pyridine rings is 2. The lowest BCUT2D eigenvalue weighted by Crippen LogP contribution is -2.38. The van der Waals surface area contributed by atoms with Crippen LogP contribution in [0.15, 0.2) is 41.6 Å². The topological polar surface area (TPSA) is 83.9 Å². The van der Waals surface area contributed by atoms with Crippen molar-refractivity contribution in [1.82, 2.24) is 24.6 Å². The summed E-state index contributed by atoms with van der Waals surface area (Å²) in [6.45, 7) is 1.33. The Morgan fingerprint density at radius 1 is 1.32 bits per heavy atom. The van der Waals surface area contributed by atoms with Gasteiger partial charge < -0.3 is 9.88 Å². The standard InChI is InChI=1S/C18H19N5O2/c1-22-11-13(10-20-22)18(25)23-7-4-12(5-8-23)15-9-16-14(17(24)21-15)3-2-6-19-16/h2-3,6,9-12H,4-5,7-8H2,1H3,(H,21,24). The Morgan fingerprint density at radius 2 is 2.12 bits per heavy atom. The van der Waals surface area contributed by atoms with Crippen molar-refractivity contribution in [2.75, 3.05) is 13.1 Å². The van der Waals surface area contributed by atoms with Gasteiger partial charge in [0.1, 0.15) is 0 Å². The van der Waals surface area contributed by atoms with Gasteiger partial charge in [0.15, 0.2) is 0 Å². The Labute approximate surface area is 144 Å². The first-order valence-corrected chi connectivity index (χ1v) is 8.37. The van der Waals surface area contributed by atoms with E-state index >= 15 is 0 Å². The first kappa shape index (κ1) is 15.6. The molecule has 1 aliphatic rings. The second kappa shape index (κ2) is 6.16. The summed E-state index contributed by atoms with van der Waals surface area (Å²) in [4.78, 5) is 33.9. The van der Waals surface area contributed by atoms with Crippen LogP contribution in [0.1, 0.15) is 34.8 Å². The first-order valence-electron chi connectivity index (χ1n) is 8.37. The lowest BCUT2D eigenvalue weighted by molar-refractivity contribution is 0.0712. The highest BCUT2D eigenvalue weighted by atomic mass is 16.2. The molecule has 0 spiro atoms. The summed E-state index contributed by atoms with van der Waals surface area (Å²) in [7, 11) is 1.80. The summed E-state index contributed by atoms with van der Waals surface area (Å²) in [6, 6.07) is 5.50. The maximum absolute atomic E-state index is 12.5. The quantitative estimate of drug-likeness (QED) is 0.771.